The standard InChI is InChI=1S/C38H58O3/c1-3-5-7-9-11-13-15-21-31-25-27-35(33-23-17-19-29-39-37(31)33)41-36-28-26-32(22-16-14-12-10-8-6-4-2)38-34(36)24-18-20-30-40-38/h25-28H,3-24,29-30H2,1-2H3. The van der Waals surface area contributed by atoms with Crippen molar-refractivity contribution < 1.29 is 14.2 Å². The molecule has 0 bridgehead atoms. The van der Waals surface area contributed by atoms with Crippen molar-refractivity contribution in [1.29, 1.82) is 0 Å². The largest absolute Gasteiger partial charge is 0.493 e. The van der Waals surface area contributed by atoms with Gasteiger partial charge in [0.25, 0.3) is 0 Å². The highest BCUT2D eigenvalue weighted by Crippen LogP contribution is 2.42. The molecule has 0 spiro atoms. The predicted molar refractivity (Wildman–Crippen MR) is 173 cm³/mol. The minimum atomic E-state index is 0.816. The van der Waals surface area contributed by atoms with Crippen LogP contribution in [0, 0.1) is 0 Å². The van der Waals surface area contributed by atoms with E-state index in [2.05, 4.69) is 38.1 Å². The first-order chi connectivity index (χ1) is 20.3. The predicted octanol–water partition coefficient (Wildman–Crippen LogP) is 11.5. The minimum absolute atomic E-state index is 0.816. The van der Waals surface area contributed by atoms with E-state index in [-0.39, 0.29) is 0 Å². The van der Waals surface area contributed by atoms with Crippen LogP contribution in [0.2, 0.25) is 0 Å². The van der Waals surface area contributed by atoms with Crippen LogP contribution in [0.15, 0.2) is 24.3 Å². The van der Waals surface area contributed by atoms with Gasteiger partial charge in [0.1, 0.15) is 23.0 Å². The molecular formula is C38H58O3. The fourth-order valence-corrected chi connectivity index (χ4v) is 6.55. The van der Waals surface area contributed by atoms with Crippen LogP contribution in [-0.2, 0) is 25.7 Å². The maximum atomic E-state index is 6.80. The Bertz CT molecular complexity index is 945. The van der Waals surface area contributed by atoms with Gasteiger partial charge in [-0.3, -0.25) is 0 Å². The molecule has 0 aliphatic carbocycles. The molecule has 0 amide bonds. The molecular weight excluding hydrogens is 504 g/mol. The second-order valence-corrected chi connectivity index (χ2v) is 12.5. The SMILES string of the molecule is CCCCCCCCCc1ccc(Oc2ccc(CCCCCCCCC)c3c2CCCCO3)c2c1OCCCC2. The summed E-state index contributed by atoms with van der Waals surface area (Å²) in [6.07, 6.45) is 27.5. The van der Waals surface area contributed by atoms with Crippen molar-refractivity contribution in [1.82, 2.24) is 0 Å². The van der Waals surface area contributed by atoms with Gasteiger partial charge in [0.05, 0.1) is 13.2 Å². The van der Waals surface area contributed by atoms with Crippen molar-refractivity contribution in [2.45, 2.75) is 155 Å². The third kappa shape index (κ3) is 9.97. The highest BCUT2D eigenvalue weighted by molar-refractivity contribution is 5.56. The third-order valence-electron chi connectivity index (χ3n) is 9.05. The van der Waals surface area contributed by atoms with Crippen molar-refractivity contribution in [2.75, 3.05) is 13.2 Å². The number of rotatable bonds is 18. The summed E-state index contributed by atoms with van der Waals surface area (Å²) in [5.74, 6) is 4.20. The van der Waals surface area contributed by atoms with Gasteiger partial charge in [-0.2, -0.15) is 0 Å². The van der Waals surface area contributed by atoms with Gasteiger partial charge in [0.2, 0.25) is 0 Å². The summed E-state index contributed by atoms with van der Waals surface area (Å²) in [6.45, 7) is 6.21. The molecule has 0 unspecified atom stereocenters. The van der Waals surface area contributed by atoms with E-state index in [0.29, 0.717) is 0 Å². The lowest BCUT2D eigenvalue weighted by Crippen LogP contribution is -2.04. The number of ether oxygens (including phenoxy) is 3. The fourth-order valence-electron chi connectivity index (χ4n) is 6.55. The second-order valence-electron chi connectivity index (χ2n) is 12.5. The maximum absolute atomic E-state index is 6.80. The highest BCUT2D eigenvalue weighted by Gasteiger charge is 2.22. The molecule has 0 saturated heterocycles. The van der Waals surface area contributed by atoms with Crippen LogP contribution in [0.1, 0.15) is 152 Å². The zero-order chi connectivity index (χ0) is 28.5. The molecule has 0 fully saturated rings. The lowest BCUT2D eigenvalue weighted by molar-refractivity contribution is 0.311. The Hall–Kier alpha value is -2.16. The molecule has 2 aromatic carbocycles. The van der Waals surface area contributed by atoms with Crippen molar-refractivity contribution in [3.63, 3.8) is 0 Å². The van der Waals surface area contributed by atoms with Gasteiger partial charge in [-0.1, -0.05) is 103 Å². The summed E-state index contributed by atoms with van der Waals surface area (Å²) >= 11 is 0. The van der Waals surface area contributed by atoms with E-state index in [1.54, 1.807) is 0 Å². The molecule has 2 aliphatic rings. The van der Waals surface area contributed by atoms with Crippen LogP contribution in [0.5, 0.6) is 23.0 Å². The van der Waals surface area contributed by atoms with Gasteiger partial charge in [-0.15, -0.1) is 0 Å². The molecule has 2 heterocycles. The number of benzene rings is 2. The van der Waals surface area contributed by atoms with Gasteiger partial charge in [-0.05, 0) is 87.5 Å². The average molecular weight is 563 g/mol. The summed E-state index contributed by atoms with van der Waals surface area (Å²) in [5.41, 5.74) is 5.29. The van der Waals surface area contributed by atoms with Crippen LogP contribution in [0.3, 0.4) is 0 Å². The number of unbranched alkanes of at least 4 members (excludes halogenated alkanes) is 12. The zero-order valence-corrected chi connectivity index (χ0v) is 26.5. The quantitative estimate of drug-likeness (QED) is 0.169. The van der Waals surface area contributed by atoms with Crippen LogP contribution in [0.4, 0.5) is 0 Å². The summed E-state index contributed by atoms with van der Waals surface area (Å²) in [4.78, 5) is 0. The summed E-state index contributed by atoms with van der Waals surface area (Å²) in [7, 11) is 0. The van der Waals surface area contributed by atoms with Gasteiger partial charge in [0.15, 0.2) is 0 Å². The number of hydrogen-bond acceptors (Lipinski definition) is 3. The van der Waals surface area contributed by atoms with Gasteiger partial charge >= 0.3 is 0 Å². The minimum Gasteiger partial charge on any atom is -0.493 e. The Morgan fingerprint density at radius 1 is 0.512 bits per heavy atom. The first-order valence-electron chi connectivity index (χ1n) is 17.5. The Balaban J connectivity index is 1.44. The fraction of sp³-hybridized carbons (Fsp3) is 0.684. The average Bonchev–Trinajstić information content (AvgIpc) is 3.40. The van der Waals surface area contributed by atoms with Gasteiger partial charge in [0, 0.05) is 11.1 Å². The summed E-state index contributed by atoms with van der Waals surface area (Å²) < 4.78 is 19.6. The number of hydrogen-bond donors (Lipinski definition) is 0. The Morgan fingerprint density at radius 2 is 0.927 bits per heavy atom. The van der Waals surface area contributed by atoms with E-state index in [0.717, 1.165) is 87.6 Å². The molecule has 0 radical (unpaired) electrons. The number of aryl methyl sites for hydroxylation is 2. The van der Waals surface area contributed by atoms with Crippen molar-refractivity contribution >= 4 is 0 Å². The molecule has 228 valence electrons. The molecule has 3 nitrogen and oxygen atoms in total. The number of fused-ring (bicyclic) bond motifs is 2. The normalized spacial score (nSPS) is 14.8. The highest BCUT2D eigenvalue weighted by atomic mass is 16.5. The first-order valence-corrected chi connectivity index (χ1v) is 17.5. The third-order valence-corrected chi connectivity index (χ3v) is 9.05. The van der Waals surface area contributed by atoms with Crippen molar-refractivity contribution in [3.05, 3.63) is 46.5 Å². The summed E-state index contributed by atoms with van der Waals surface area (Å²) in [6, 6.07) is 9.00. The Morgan fingerprint density at radius 3 is 1.37 bits per heavy atom. The van der Waals surface area contributed by atoms with Gasteiger partial charge < -0.3 is 14.2 Å². The molecule has 0 aromatic heterocycles. The molecule has 0 atom stereocenters. The van der Waals surface area contributed by atoms with Gasteiger partial charge in [-0.25, -0.2) is 0 Å². The molecule has 0 N–H and O–H groups in total. The summed E-state index contributed by atoms with van der Waals surface area (Å²) in [5, 5.41) is 0. The van der Waals surface area contributed by atoms with E-state index in [1.165, 1.54) is 112 Å². The Labute approximate surface area is 251 Å². The van der Waals surface area contributed by atoms with Crippen molar-refractivity contribution in [2.24, 2.45) is 0 Å². The van der Waals surface area contributed by atoms with E-state index >= 15 is 0 Å². The molecule has 2 aromatic rings. The first kappa shape index (κ1) is 31.8. The van der Waals surface area contributed by atoms with E-state index in [9.17, 15) is 0 Å². The lowest BCUT2D eigenvalue weighted by Gasteiger charge is -2.20. The van der Waals surface area contributed by atoms with Crippen LogP contribution in [-0.4, -0.2) is 13.2 Å². The molecule has 4 rings (SSSR count). The van der Waals surface area contributed by atoms with Crippen molar-refractivity contribution in [3.8, 4) is 23.0 Å². The second kappa shape index (κ2) is 18.4. The molecule has 2 aliphatic heterocycles. The van der Waals surface area contributed by atoms with E-state index in [1.807, 2.05) is 0 Å². The van der Waals surface area contributed by atoms with Crippen LogP contribution >= 0.6 is 0 Å². The molecule has 41 heavy (non-hydrogen) atoms. The maximum Gasteiger partial charge on any atom is 0.134 e. The monoisotopic (exact) mass is 562 g/mol. The van der Waals surface area contributed by atoms with Crippen LogP contribution in [0.25, 0.3) is 0 Å². The Kier molecular flexibility index (Phi) is 14.3. The lowest BCUT2D eigenvalue weighted by atomic mass is 9.97. The molecule has 3 heteroatoms. The smallest absolute Gasteiger partial charge is 0.134 e. The topological polar surface area (TPSA) is 27.7 Å². The molecule has 0 saturated carbocycles. The zero-order valence-electron chi connectivity index (χ0n) is 26.5. The van der Waals surface area contributed by atoms with Crippen LogP contribution < -0.4 is 14.2 Å². The van der Waals surface area contributed by atoms with E-state index < -0.39 is 0 Å². The van der Waals surface area contributed by atoms with E-state index in [4.69, 9.17) is 14.2 Å².